The zero-order valence-electron chi connectivity index (χ0n) is 11.2. The van der Waals surface area contributed by atoms with Crippen LogP contribution in [0, 0.1) is 0 Å². The molecule has 108 valence electrons. The fourth-order valence-electron chi connectivity index (χ4n) is 2.12. The summed E-state index contributed by atoms with van der Waals surface area (Å²) >= 11 is 0. The number of carbonyl (C=O) groups is 2. The summed E-state index contributed by atoms with van der Waals surface area (Å²) in [6, 6.07) is 0. The molecule has 2 N–H and O–H groups in total. The van der Waals surface area contributed by atoms with E-state index in [2.05, 4.69) is 4.90 Å². The molecule has 1 rings (SSSR count). The van der Waals surface area contributed by atoms with Crippen LogP contribution in [-0.2, 0) is 14.3 Å². The second-order valence-electron chi connectivity index (χ2n) is 4.52. The topological polar surface area (TPSA) is 87.1 Å². The number of aliphatic carboxylic acids is 2. The van der Waals surface area contributed by atoms with Gasteiger partial charge in [0, 0.05) is 30.8 Å². The first kappa shape index (κ1) is 15.7. The molecule has 6 nitrogen and oxygen atoms in total. The maximum atomic E-state index is 11.2. The second-order valence-corrected chi connectivity index (χ2v) is 4.52. The molecule has 0 unspecified atom stereocenters. The van der Waals surface area contributed by atoms with Crippen LogP contribution < -0.4 is 0 Å². The summed E-state index contributed by atoms with van der Waals surface area (Å²) in [6.07, 6.45) is 1.17. The molecule has 0 aromatic carbocycles. The van der Waals surface area contributed by atoms with E-state index in [1.165, 1.54) is 0 Å². The Hall–Kier alpha value is -1.40. The van der Waals surface area contributed by atoms with Crippen molar-refractivity contribution in [2.45, 2.75) is 26.2 Å². The van der Waals surface area contributed by atoms with Gasteiger partial charge in [-0.1, -0.05) is 13.3 Å². The van der Waals surface area contributed by atoms with Gasteiger partial charge in [0.05, 0.1) is 13.2 Å². The molecule has 1 aliphatic rings. The average molecular weight is 271 g/mol. The Bertz CT molecular complexity index is 358. The maximum absolute atomic E-state index is 11.2. The Morgan fingerprint density at radius 2 is 1.58 bits per heavy atom. The van der Waals surface area contributed by atoms with Gasteiger partial charge in [-0.15, -0.1) is 0 Å². The minimum absolute atomic E-state index is 0.0286. The van der Waals surface area contributed by atoms with Crippen molar-refractivity contribution in [3.05, 3.63) is 11.1 Å². The van der Waals surface area contributed by atoms with Crippen molar-refractivity contribution in [3.63, 3.8) is 0 Å². The van der Waals surface area contributed by atoms with Crippen LogP contribution in [0.2, 0.25) is 0 Å². The molecule has 0 aromatic rings. The molecule has 0 aromatic heterocycles. The summed E-state index contributed by atoms with van der Waals surface area (Å²) in [5.74, 6) is -2.25. The van der Waals surface area contributed by atoms with Gasteiger partial charge < -0.3 is 14.9 Å². The minimum Gasteiger partial charge on any atom is -0.478 e. The van der Waals surface area contributed by atoms with Crippen LogP contribution in [0.25, 0.3) is 0 Å². The highest BCUT2D eigenvalue weighted by atomic mass is 16.5. The molecule has 19 heavy (non-hydrogen) atoms. The van der Waals surface area contributed by atoms with E-state index in [-0.39, 0.29) is 17.6 Å². The van der Waals surface area contributed by atoms with Crippen molar-refractivity contribution in [2.24, 2.45) is 0 Å². The molecule has 0 aliphatic carbocycles. The molecular formula is C13H21NO5. The van der Waals surface area contributed by atoms with Crippen LogP contribution in [0.1, 0.15) is 26.2 Å². The standard InChI is InChI=1S/C13H21NO5/c1-2-3-10(12(15)16)11(13(17)18)4-5-14-6-8-19-9-7-14/h2-9H2,1H3,(H,15,16)(H,17,18)/b11-10+. The first-order valence-electron chi connectivity index (χ1n) is 6.55. The zero-order chi connectivity index (χ0) is 14.3. The number of rotatable bonds is 7. The zero-order valence-corrected chi connectivity index (χ0v) is 11.2. The quantitative estimate of drug-likeness (QED) is 0.671. The summed E-state index contributed by atoms with van der Waals surface area (Å²) in [7, 11) is 0. The Kier molecular flexibility index (Phi) is 6.52. The predicted molar refractivity (Wildman–Crippen MR) is 69.1 cm³/mol. The fraction of sp³-hybridized carbons (Fsp3) is 0.692. The van der Waals surface area contributed by atoms with Crippen molar-refractivity contribution >= 4 is 11.9 Å². The van der Waals surface area contributed by atoms with Crippen molar-refractivity contribution in [1.82, 2.24) is 4.90 Å². The van der Waals surface area contributed by atoms with E-state index in [9.17, 15) is 14.7 Å². The van der Waals surface area contributed by atoms with Crippen LogP contribution in [0.15, 0.2) is 11.1 Å². The van der Waals surface area contributed by atoms with Gasteiger partial charge in [-0.05, 0) is 12.8 Å². The SMILES string of the molecule is CCC/C(C(=O)O)=C(/CCN1CCOCC1)C(=O)O. The van der Waals surface area contributed by atoms with Gasteiger partial charge in [0.1, 0.15) is 0 Å². The Morgan fingerprint density at radius 1 is 1.05 bits per heavy atom. The molecule has 0 radical (unpaired) electrons. The highest BCUT2D eigenvalue weighted by Gasteiger charge is 2.20. The lowest BCUT2D eigenvalue weighted by Gasteiger charge is -2.26. The third-order valence-corrected chi connectivity index (χ3v) is 3.16. The first-order chi connectivity index (χ1) is 9.06. The molecule has 0 amide bonds. The molecule has 1 heterocycles. The molecule has 0 saturated carbocycles. The number of hydrogen-bond donors (Lipinski definition) is 2. The summed E-state index contributed by atoms with van der Waals surface area (Å²) in [5.41, 5.74) is 0.0594. The van der Waals surface area contributed by atoms with Crippen molar-refractivity contribution in [2.75, 3.05) is 32.8 Å². The molecular weight excluding hydrogens is 250 g/mol. The third-order valence-electron chi connectivity index (χ3n) is 3.16. The minimum atomic E-state index is -1.13. The molecule has 1 saturated heterocycles. The second kappa shape index (κ2) is 7.91. The van der Waals surface area contributed by atoms with Gasteiger partial charge in [0.15, 0.2) is 0 Å². The third kappa shape index (κ3) is 5.00. The normalized spacial score (nSPS) is 17.9. The predicted octanol–water partition coefficient (Wildman–Crippen LogP) is 0.975. The smallest absolute Gasteiger partial charge is 0.332 e. The molecule has 1 aliphatic heterocycles. The van der Waals surface area contributed by atoms with E-state index >= 15 is 0 Å². The van der Waals surface area contributed by atoms with E-state index in [1.54, 1.807) is 0 Å². The van der Waals surface area contributed by atoms with E-state index in [1.807, 2.05) is 6.92 Å². The summed E-state index contributed by atoms with van der Waals surface area (Å²) in [4.78, 5) is 24.5. The molecule has 0 atom stereocenters. The van der Waals surface area contributed by atoms with Crippen LogP contribution in [0.4, 0.5) is 0 Å². The van der Waals surface area contributed by atoms with Crippen LogP contribution in [0.3, 0.4) is 0 Å². The molecule has 6 heteroatoms. The molecule has 1 fully saturated rings. The van der Waals surface area contributed by atoms with Gasteiger partial charge in [-0.25, -0.2) is 9.59 Å². The molecule has 0 bridgehead atoms. The number of carboxylic acids is 2. The summed E-state index contributed by atoms with van der Waals surface area (Å²) in [5, 5.41) is 18.3. The number of carboxylic acid groups (broad SMARTS) is 2. The first-order valence-corrected chi connectivity index (χ1v) is 6.55. The van der Waals surface area contributed by atoms with E-state index in [4.69, 9.17) is 9.84 Å². The number of ether oxygens (including phenoxy) is 1. The van der Waals surface area contributed by atoms with Gasteiger partial charge >= 0.3 is 11.9 Å². The van der Waals surface area contributed by atoms with Crippen molar-refractivity contribution in [1.29, 1.82) is 0 Å². The van der Waals surface area contributed by atoms with Gasteiger partial charge in [0.25, 0.3) is 0 Å². The Morgan fingerprint density at radius 3 is 2.05 bits per heavy atom. The monoisotopic (exact) mass is 271 g/mol. The lowest BCUT2D eigenvalue weighted by atomic mass is 10.0. The van der Waals surface area contributed by atoms with Gasteiger partial charge in [0.2, 0.25) is 0 Å². The number of morpholine rings is 1. The largest absolute Gasteiger partial charge is 0.478 e. The van der Waals surface area contributed by atoms with Crippen molar-refractivity contribution < 1.29 is 24.5 Å². The van der Waals surface area contributed by atoms with Crippen LogP contribution in [0.5, 0.6) is 0 Å². The fourth-order valence-corrected chi connectivity index (χ4v) is 2.12. The average Bonchev–Trinajstić information content (AvgIpc) is 2.38. The molecule has 0 spiro atoms. The lowest BCUT2D eigenvalue weighted by molar-refractivity contribution is -0.136. The van der Waals surface area contributed by atoms with E-state index in [0.29, 0.717) is 32.6 Å². The lowest BCUT2D eigenvalue weighted by Crippen LogP contribution is -2.37. The van der Waals surface area contributed by atoms with Crippen LogP contribution >= 0.6 is 0 Å². The summed E-state index contributed by atoms with van der Waals surface area (Å²) in [6.45, 7) is 5.22. The maximum Gasteiger partial charge on any atom is 0.332 e. The van der Waals surface area contributed by atoms with Crippen molar-refractivity contribution in [3.8, 4) is 0 Å². The highest BCUT2D eigenvalue weighted by molar-refractivity contribution is 5.98. The number of hydrogen-bond acceptors (Lipinski definition) is 4. The Labute approximate surface area is 112 Å². The Balaban J connectivity index is 2.72. The van der Waals surface area contributed by atoms with E-state index < -0.39 is 11.9 Å². The summed E-state index contributed by atoms with van der Waals surface area (Å²) < 4.78 is 5.21. The van der Waals surface area contributed by atoms with Crippen LogP contribution in [-0.4, -0.2) is 59.9 Å². The highest BCUT2D eigenvalue weighted by Crippen LogP contribution is 2.16. The number of nitrogens with zero attached hydrogens (tertiary/aromatic N) is 1. The van der Waals surface area contributed by atoms with E-state index in [0.717, 1.165) is 13.1 Å². The van der Waals surface area contributed by atoms with Gasteiger partial charge in [-0.3, -0.25) is 4.90 Å². The van der Waals surface area contributed by atoms with Gasteiger partial charge in [-0.2, -0.15) is 0 Å².